The van der Waals surface area contributed by atoms with Gasteiger partial charge in [-0.25, -0.2) is 4.98 Å². The summed E-state index contributed by atoms with van der Waals surface area (Å²) in [4.78, 5) is 16.5. The zero-order valence-corrected chi connectivity index (χ0v) is 15.4. The average molecular weight is 366 g/mol. The van der Waals surface area contributed by atoms with Crippen molar-refractivity contribution in [1.82, 2.24) is 4.98 Å². The summed E-state index contributed by atoms with van der Waals surface area (Å²) in [6.45, 7) is 0. The van der Waals surface area contributed by atoms with Gasteiger partial charge in [-0.15, -0.1) is 0 Å². The van der Waals surface area contributed by atoms with Gasteiger partial charge in [-0.05, 0) is 18.6 Å². The number of rotatable bonds is 8. The van der Waals surface area contributed by atoms with Crippen molar-refractivity contribution in [2.45, 2.75) is 19.3 Å². The number of carbonyl (C=O) groups is 1. The summed E-state index contributed by atoms with van der Waals surface area (Å²) in [6.07, 6.45) is 3.31. The Morgan fingerprint density at radius 1 is 1.11 bits per heavy atom. The van der Waals surface area contributed by atoms with E-state index < -0.39 is 0 Å². The lowest BCUT2D eigenvalue weighted by atomic mass is 10.2. The van der Waals surface area contributed by atoms with Crippen LogP contribution in [0.25, 0.3) is 11.3 Å². The van der Waals surface area contributed by atoms with Gasteiger partial charge in [-0.3, -0.25) is 4.79 Å². The molecule has 1 N–H and O–H groups in total. The quantitative estimate of drug-likeness (QED) is 0.643. The number of aryl methyl sites for hydroxylation is 1. The summed E-state index contributed by atoms with van der Waals surface area (Å²) in [5.74, 6) is 2.50. The van der Waals surface area contributed by atoms with Gasteiger partial charge in [0.15, 0.2) is 11.7 Å². The first kappa shape index (κ1) is 18.5. The SMILES string of the molecule is COc1ccc(NC(=O)CCCc2ncc(-c3ccccc3)o2)c(OC)c1. The average Bonchev–Trinajstić information content (AvgIpc) is 3.18. The molecule has 6 nitrogen and oxygen atoms in total. The van der Waals surface area contributed by atoms with Crippen LogP contribution >= 0.6 is 0 Å². The molecule has 0 fully saturated rings. The summed E-state index contributed by atoms with van der Waals surface area (Å²) >= 11 is 0. The molecule has 0 aliphatic carbocycles. The number of ether oxygens (including phenoxy) is 2. The van der Waals surface area contributed by atoms with Crippen LogP contribution in [0.15, 0.2) is 59.1 Å². The smallest absolute Gasteiger partial charge is 0.224 e. The first-order valence-electron chi connectivity index (χ1n) is 8.71. The van der Waals surface area contributed by atoms with Crippen LogP contribution < -0.4 is 14.8 Å². The Labute approximate surface area is 158 Å². The number of aromatic nitrogens is 1. The second-order valence-electron chi connectivity index (χ2n) is 5.95. The largest absolute Gasteiger partial charge is 0.497 e. The molecule has 1 heterocycles. The molecule has 1 amide bonds. The summed E-state index contributed by atoms with van der Waals surface area (Å²) < 4.78 is 16.2. The van der Waals surface area contributed by atoms with Gasteiger partial charge in [-0.1, -0.05) is 30.3 Å². The molecule has 0 saturated heterocycles. The van der Waals surface area contributed by atoms with Gasteiger partial charge in [0, 0.05) is 24.5 Å². The molecule has 3 rings (SSSR count). The molecule has 0 unspecified atom stereocenters. The van der Waals surface area contributed by atoms with E-state index in [1.807, 2.05) is 30.3 Å². The summed E-state index contributed by atoms with van der Waals surface area (Å²) in [6, 6.07) is 15.1. The van der Waals surface area contributed by atoms with Gasteiger partial charge in [0.25, 0.3) is 0 Å². The van der Waals surface area contributed by atoms with Crippen LogP contribution in [0.3, 0.4) is 0 Å². The molecule has 0 bridgehead atoms. The minimum absolute atomic E-state index is 0.0895. The van der Waals surface area contributed by atoms with Gasteiger partial charge < -0.3 is 19.2 Å². The fourth-order valence-corrected chi connectivity index (χ4v) is 2.68. The highest BCUT2D eigenvalue weighted by Crippen LogP contribution is 2.29. The zero-order valence-electron chi connectivity index (χ0n) is 15.4. The maximum Gasteiger partial charge on any atom is 0.224 e. The van der Waals surface area contributed by atoms with Gasteiger partial charge in [0.05, 0.1) is 26.1 Å². The van der Waals surface area contributed by atoms with E-state index in [0.29, 0.717) is 42.3 Å². The van der Waals surface area contributed by atoms with E-state index in [4.69, 9.17) is 13.9 Å². The lowest BCUT2D eigenvalue weighted by Crippen LogP contribution is -2.12. The van der Waals surface area contributed by atoms with E-state index in [1.54, 1.807) is 38.6 Å². The van der Waals surface area contributed by atoms with Crippen molar-refractivity contribution in [3.05, 3.63) is 60.6 Å². The first-order chi connectivity index (χ1) is 13.2. The first-order valence-corrected chi connectivity index (χ1v) is 8.71. The molecule has 3 aromatic rings. The van der Waals surface area contributed by atoms with Crippen molar-refractivity contribution < 1.29 is 18.7 Å². The third-order valence-corrected chi connectivity index (χ3v) is 4.09. The molecular formula is C21H22N2O4. The predicted molar refractivity (Wildman–Crippen MR) is 103 cm³/mol. The zero-order chi connectivity index (χ0) is 19.1. The number of hydrogen-bond donors (Lipinski definition) is 1. The predicted octanol–water partition coefficient (Wildman–Crippen LogP) is 4.32. The van der Waals surface area contributed by atoms with Crippen molar-refractivity contribution in [2.24, 2.45) is 0 Å². The molecule has 27 heavy (non-hydrogen) atoms. The Kier molecular flexibility index (Phi) is 6.10. The van der Waals surface area contributed by atoms with E-state index in [0.717, 1.165) is 11.3 Å². The maximum absolute atomic E-state index is 12.2. The van der Waals surface area contributed by atoms with Gasteiger partial charge in [0.2, 0.25) is 5.91 Å². The summed E-state index contributed by atoms with van der Waals surface area (Å²) in [5.41, 5.74) is 1.60. The van der Waals surface area contributed by atoms with E-state index in [-0.39, 0.29) is 5.91 Å². The number of oxazole rings is 1. The molecule has 0 aliphatic heterocycles. The lowest BCUT2D eigenvalue weighted by Gasteiger charge is -2.11. The second-order valence-corrected chi connectivity index (χ2v) is 5.95. The number of benzene rings is 2. The fourth-order valence-electron chi connectivity index (χ4n) is 2.68. The molecule has 0 spiro atoms. The molecule has 6 heteroatoms. The standard InChI is InChI=1S/C21H22N2O4/c1-25-16-11-12-17(18(13-16)26-2)23-20(24)9-6-10-21-22-14-19(27-21)15-7-4-3-5-8-15/h3-5,7-8,11-14H,6,9-10H2,1-2H3,(H,23,24). The minimum atomic E-state index is -0.0895. The second kappa shape index (κ2) is 8.89. The number of hydrogen-bond acceptors (Lipinski definition) is 5. The van der Waals surface area contributed by atoms with Crippen molar-refractivity contribution in [2.75, 3.05) is 19.5 Å². The van der Waals surface area contributed by atoms with E-state index in [9.17, 15) is 4.79 Å². The topological polar surface area (TPSA) is 73.6 Å². The van der Waals surface area contributed by atoms with Crippen molar-refractivity contribution in [1.29, 1.82) is 0 Å². The molecule has 0 atom stereocenters. The van der Waals surface area contributed by atoms with Crippen molar-refractivity contribution >= 4 is 11.6 Å². The number of anilines is 1. The third kappa shape index (κ3) is 4.88. The minimum Gasteiger partial charge on any atom is -0.497 e. The molecule has 2 aromatic carbocycles. The van der Waals surface area contributed by atoms with Crippen LogP contribution in [0.4, 0.5) is 5.69 Å². The Bertz CT molecular complexity index is 890. The summed E-state index contributed by atoms with van der Waals surface area (Å²) in [7, 11) is 3.14. The van der Waals surface area contributed by atoms with Crippen LogP contribution in [0.2, 0.25) is 0 Å². The number of nitrogens with zero attached hydrogens (tertiary/aromatic N) is 1. The Balaban J connectivity index is 1.51. The van der Waals surface area contributed by atoms with Gasteiger partial charge >= 0.3 is 0 Å². The van der Waals surface area contributed by atoms with Gasteiger partial charge in [-0.2, -0.15) is 0 Å². The van der Waals surface area contributed by atoms with Crippen LogP contribution in [-0.2, 0) is 11.2 Å². The van der Waals surface area contributed by atoms with E-state index >= 15 is 0 Å². The highest BCUT2D eigenvalue weighted by atomic mass is 16.5. The number of amides is 1. The molecule has 0 aliphatic rings. The number of carbonyl (C=O) groups excluding carboxylic acids is 1. The third-order valence-electron chi connectivity index (χ3n) is 4.09. The highest BCUT2D eigenvalue weighted by Gasteiger charge is 2.10. The van der Waals surface area contributed by atoms with Gasteiger partial charge in [0.1, 0.15) is 11.5 Å². The molecule has 140 valence electrons. The van der Waals surface area contributed by atoms with Crippen LogP contribution in [0.5, 0.6) is 11.5 Å². The lowest BCUT2D eigenvalue weighted by molar-refractivity contribution is -0.116. The van der Waals surface area contributed by atoms with Crippen LogP contribution in [0.1, 0.15) is 18.7 Å². The fraction of sp³-hybridized carbons (Fsp3) is 0.238. The number of methoxy groups -OCH3 is 2. The summed E-state index contributed by atoms with van der Waals surface area (Å²) in [5, 5.41) is 2.86. The molecule has 1 aromatic heterocycles. The molecular weight excluding hydrogens is 344 g/mol. The normalized spacial score (nSPS) is 10.4. The van der Waals surface area contributed by atoms with Crippen LogP contribution in [0, 0.1) is 0 Å². The number of nitrogens with one attached hydrogen (secondary N) is 1. The molecule has 0 radical (unpaired) electrons. The van der Waals surface area contributed by atoms with Crippen molar-refractivity contribution in [3.8, 4) is 22.8 Å². The Hall–Kier alpha value is -3.28. The maximum atomic E-state index is 12.2. The Morgan fingerprint density at radius 3 is 2.67 bits per heavy atom. The highest BCUT2D eigenvalue weighted by molar-refractivity contribution is 5.92. The Morgan fingerprint density at radius 2 is 1.93 bits per heavy atom. The van der Waals surface area contributed by atoms with E-state index in [2.05, 4.69) is 10.3 Å². The van der Waals surface area contributed by atoms with Crippen LogP contribution in [-0.4, -0.2) is 25.1 Å². The molecule has 0 saturated carbocycles. The van der Waals surface area contributed by atoms with Crippen molar-refractivity contribution in [3.63, 3.8) is 0 Å². The van der Waals surface area contributed by atoms with E-state index in [1.165, 1.54) is 0 Å². The monoisotopic (exact) mass is 366 g/mol.